The first-order valence-corrected chi connectivity index (χ1v) is 12.7. The van der Waals surface area contributed by atoms with Crippen LogP contribution in [0, 0.1) is 5.92 Å². The smallest absolute Gasteiger partial charge is 0.417 e. The Morgan fingerprint density at radius 1 is 1.24 bits per heavy atom. The van der Waals surface area contributed by atoms with Crippen LogP contribution in [0.4, 0.5) is 13.2 Å². The fourth-order valence-corrected chi connectivity index (χ4v) is 5.57. The first-order valence-electron chi connectivity index (χ1n) is 11.1. The highest BCUT2D eigenvalue weighted by atomic mass is 32.2. The number of halogens is 3. The van der Waals surface area contributed by atoms with Gasteiger partial charge in [-0.15, -0.1) is 5.06 Å². The van der Waals surface area contributed by atoms with Gasteiger partial charge >= 0.3 is 12.1 Å². The average Bonchev–Trinajstić information content (AvgIpc) is 3.05. The van der Waals surface area contributed by atoms with Crippen LogP contribution in [-0.2, 0) is 34.1 Å². The highest BCUT2D eigenvalue weighted by Crippen LogP contribution is 2.47. The van der Waals surface area contributed by atoms with E-state index in [0.29, 0.717) is 5.06 Å². The Bertz CT molecular complexity index is 1310. The molecule has 4 aliphatic rings. The Balaban J connectivity index is 1.75. The van der Waals surface area contributed by atoms with Crippen molar-refractivity contribution >= 4 is 27.9 Å². The van der Waals surface area contributed by atoms with Gasteiger partial charge in [0.25, 0.3) is 21.9 Å². The number of alkyl halides is 3. The van der Waals surface area contributed by atoms with E-state index in [4.69, 9.17) is 9.57 Å². The molecule has 1 saturated heterocycles. The third kappa shape index (κ3) is 5.40. The van der Waals surface area contributed by atoms with Crippen molar-refractivity contribution in [2.45, 2.75) is 44.4 Å². The Labute approximate surface area is 210 Å². The van der Waals surface area contributed by atoms with Crippen LogP contribution < -0.4 is 0 Å². The Kier molecular flexibility index (Phi) is 6.49. The minimum atomic E-state index is -4.77. The lowest BCUT2D eigenvalue weighted by atomic mass is 9.75. The standard InChI is InChI=1S/C23H23F3N2O8S/c1-12-6-16(23(24,25)26)15-7-14-13(11-37(32,33)34)9-22(2,3)27(17(14)8-18(15)35-12)10-21(31)36-28-19(29)4-5-20(28)30/h6-9,14,17H,1,4-5,10-11H2,2-3H3,(H,32,33,34). The molecule has 3 aliphatic heterocycles. The summed E-state index contributed by atoms with van der Waals surface area (Å²) < 4.78 is 79.8. The van der Waals surface area contributed by atoms with Gasteiger partial charge in [0.15, 0.2) is 0 Å². The van der Waals surface area contributed by atoms with Crippen LogP contribution in [0.5, 0.6) is 0 Å². The van der Waals surface area contributed by atoms with E-state index in [1.165, 1.54) is 23.1 Å². The molecule has 0 saturated carbocycles. The summed E-state index contributed by atoms with van der Waals surface area (Å²) in [6.45, 7) is 6.17. The maximum atomic E-state index is 13.8. The fourth-order valence-electron chi connectivity index (χ4n) is 4.88. The largest absolute Gasteiger partial charge is 0.458 e. The topological polar surface area (TPSA) is 131 Å². The second-order valence-electron chi connectivity index (χ2n) is 9.52. The molecule has 0 aromatic heterocycles. The molecule has 200 valence electrons. The molecule has 3 heterocycles. The SMILES string of the molecule is C=C1C=C(C(F)(F)F)C2=CC3C(CS(=O)(=O)O)=CC(C)(C)N(CC(=O)ON4C(=O)CCC4=O)C3C=C2O1. The van der Waals surface area contributed by atoms with Crippen LogP contribution in [0.3, 0.4) is 0 Å². The number of fused-ring (bicyclic) bond motifs is 2. The molecule has 1 aliphatic carbocycles. The summed E-state index contributed by atoms with van der Waals surface area (Å²) >= 11 is 0. The quantitative estimate of drug-likeness (QED) is 0.315. The molecule has 1 fully saturated rings. The van der Waals surface area contributed by atoms with Crippen molar-refractivity contribution in [2.24, 2.45) is 5.92 Å². The van der Waals surface area contributed by atoms with Crippen molar-refractivity contribution in [2.75, 3.05) is 12.3 Å². The number of allylic oxidation sites excluding steroid dienone is 2. The summed E-state index contributed by atoms with van der Waals surface area (Å²) in [5.74, 6) is -4.67. The van der Waals surface area contributed by atoms with Gasteiger partial charge in [0.2, 0.25) is 0 Å². The van der Waals surface area contributed by atoms with Gasteiger partial charge in [-0.2, -0.15) is 21.6 Å². The molecule has 14 heteroatoms. The number of hydrogen-bond acceptors (Lipinski definition) is 8. The van der Waals surface area contributed by atoms with Gasteiger partial charge in [-0.05, 0) is 31.6 Å². The summed E-state index contributed by atoms with van der Waals surface area (Å²) in [6, 6.07) is -0.923. The van der Waals surface area contributed by atoms with Gasteiger partial charge in [0.05, 0.1) is 11.3 Å². The van der Waals surface area contributed by atoms with Crippen molar-refractivity contribution in [1.29, 1.82) is 0 Å². The summed E-state index contributed by atoms with van der Waals surface area (Å²) in [7, 11) is -4.57. The lowest BCUT2D eigenvalue weighted by molar-refractivity contribution is -0.199. The minimum Gasteiger partial charge on any atom is -0.458 e. The lowest BCUT2D eigenvalue weighted by Gasteiger charge is -2.49. The van der Waals surface area contributed by atoms with E-state index < -0.39 is 69.4 Å². The number of amides is 2. The molecule has 37 heavy (non-hydrogen) atoms. The second kappa shape index (κ2) is 8.96. The molecule has 0 bridgehead atoms. The molecule has 0 aromatic rings. The van der Waals surface area contributed by atoms with Gasteiger partial charge < -0.3 is 9.57 Å². The first kappa shape index (κ1) is 26.8. The van der Waals surface area contributed by atoms with Gasteiger partial charge in [0.1, 0.15) is 18.1 Å². The minimum absolute atomic E-state index is 0.107. The summed E-state index contributed by atoms with van der Waals surface area (Å²) in [5, 5.41) is 0.377. The number of imide groups is 1. The number of rotatable bonds is 5. The van der Waals surface area contributed by atoms with Crippen molar-refractivity contribution in [3.8, 4) is 0 Å². The fraction of sp³-hybridized carbons (Fsp3) is 0.435. The highest BCUT2D eigenvalue weighted by Gasteiger charge is 2.48. The maximum Gasteiger partial charge on any atom is 0.417 e. The molecule has 2 amide bonds. The number of nitrogens with zero attached hydrogens (tertiary/aromatic N) is 2. The van der Waals surface area contributed by atoms with E-state index in [9.17, 15) is 40.5 Å². The van der Waals surface area contributed by atoms with Crippen molar-refractivity contribution in [3.05, 3.63) is 59.1 Å². The normalized spacial score (nSPS) is 25.9. The zero-order chi connectivity index (χ0) is 27.5. The molecule has 0 radical (unpaired) electrons. The average molecular weight is 545 g/mol. The third-order valence-electron chi connectivity index (χ3n) is 6.36. The molecular formula is C23H23F3N2O8S. The maximum absolute atomic E-state index is 13.8. The zero-order valence-corrected chi connectivity index (χ0v) is 20.6. The van der Waals surface area contributed by atoms with Gasteiger partial charge in [-0.25, -0.2) is 4.79 Å². The molecule has 2 unspecified atom stereocenters. The van der Waals surface area contributed by atoms with Gasteiger partial charge in [-0.1, -0.05) is 18.7 Å². The number of ether oxygens (including phenoxy) is 1. The molecular weight excluding hydrogens is 521 g/mol. The third-order valence-corrected chi connectivity index (χ3v) is 7.06. The molecule has 0 spiro atoms. The predicted octanol–water partition coefficient (Wildman–Crippen LogP) is 2.34. The van der Waals surface area contributed by atoms with E-state index in [-0.39, 0.29) is 35.5 Å². The number of hydroxylamine groups is 2. The van der Waals surface area contributed by atoms with Gasteiger partial charge in [-0.3, -0.25) is 19.0 Å². The Morgan fingerprint density at radius 3 is 2.43 bits per heavy atom. The van der Waals surface area contributed by atoms with E-state index >= 15 is 0 Å². The lowest BCUT2D eigenvalue weighted by Crippen LogP contribution is -2.58. The first-order chi connectivity index (χ1) is 17.0. The van der Waals surface area contributed by atoms with Gasteiger partial charge in [0, 0.05) is 35.9 Å². The molecule has 1 N–H and O–H groups in total. The summed E-state index contributed by atoms with van der Waals surface area (Å²) in [5.41, 5.74) is -2.35. The Hall–Kier alpha value is -3.23. The number of carbonyl (C=O) groups is 3. The highest BCUT2D eigenvalue weighted by molar-refractivity contribution is 7.86. The monoisotopic (exact) mass is 544 g/mol. The number of hydrogen-bond donors (Lipinski definition) is 1. The van der Waals surface area contributed by atoms with Crippen LogP contribution in [-0.4, -0.2) is 70.8 Å². The molecule has 2 atom stereocenters. The van der Waals surface area contributed by atoms with Crippen LogP contribution in [0.25, 0.3) is 0 Å². The van der Waals surface area contributed by atoms with Crippen LogP contribution in [0.1, 0.15) is 26.7 Å². The summed E-state index contributed by atoms with van der Waals surface area (Å²) in [4.78, 5) is 42.9. The van der Waals surface area contributed by atoms with Crippen molar-refractivity contribution in [1.82, 2.24) is 9.96 Å². The molecule has 0 aromatic carbocycles. The van der Waals surface area contributed by atoms with Crippen molar-refractivity contribution < 1.29 is 50.1 Å². The van der Waals surface area contributed by atoms with Crippen LogP contribution >= 0.6 is 0 Å². The summed E-state index contributed by atoms with van der Waals surface area (Å²) in [6.07, 6.45) is -0.318. The van der Waals surface area contributed by atoms with E-state index in [1.807, 2.05) is 0 Å². The molecule has 4 rings (SSSR count). The van der Waals surface area contributed by atoms with E-state index in [0.717, 1.165) is 6.08 Å². The van der Waals surface area contributed by atoms with E-state index in [1.54, 1.807) is 13.8 Å². The number of carbonyl (C=O) groups excluding carboxylic acids is 3. The van der Waals surface area contributed by atoms with Crippen LogP contribution in [0.2, 0.25) is 0 Å². The zero-order valence-electron chi connectivity index (χ0n) is 19.7. The predicted molar refractivity (Wildman–Crippen MR) is 120 cm³/mol. The Morgan fingerprint density at radius 2 is 1.86 bits per heavy atom. The van der Waals surface area contributed by atoms with E-state index in [2.05, 4.69) is 6.58 Å². The second-order valence-corrected chi connectivity index (χ2v) is 11.0. The molecule has 10 nitrogen and oxygen atoms in total. The van der Waals surface area contributed by atoms with Crippen LogP contribution in [0.15, 0.2) is 59.1 Å². The van der Waals surface area contributed by atoms with Crippen molar-refractivity contribution in [3.63, 3.8) is 0 Å².